The van der Waals surface area contributed by atoms with E-state index in [0.29, 0.717) is 5.71 Å². The largest absolute Gasteiger partial charge is 0.276 e. The summed E-state index contributed by atoms with van der Waals surface area (Å²) in [4.78, 5) is 2.48. The van der Waals surface area contributed by atoms with E-state index < -0.39 is 10.0 Å². The van der Waals surface area contributed by atoms with Gasteiger partial charge in [0.15, 0.2) is 0 Å². The van der Waals surface area contributed by atoms with Crippen LogP contribution in [0, 0.1) is 18.3 Å². The minimum absolute atomic E-state index is 0.146. The van der Waals surface area contributed by atoms with Crippen LogP contribution in [0.5, 0.6) is 0 Å². The van der Waals surface area contributed by atoms with Crippen molar-refractivity contribution < 1.29 is 8.42 Å². The van der Waals surface area contributed by atoms with Crippen LogP contribution in [0.15, 0.2) is 88.9 Å². The van der Waals surface area contributed by atoms with Gasteiger partial charge in [-0.1, -0.05) is 66.2 Å². The summed E-state index contributed by atoms with van der Waals surface area (Å²) in [5.41, 5.74) is 3.79. The molecule has 0 saturated carbocycles. The maximum Gasteiger partial charge on any atom is 0.276 e. The van der Waals surface area contributed by atoms with Crippen molar-refractivity contribution in [1.29, 1.82) is 5.26 Å². The Hall–Kier alpha value is -3.43. The molecule has 6 heteroatoms. The smallest absolute Gasteiger partial charge is 0.200 e. The van der Waals surface area contributed by atoms with E-state index in [0.717, 1.165) is 22.3 Å². The van der Waals surface area contributed by atoms with E-state index in [1.54, 1.807) is 24.3 Å². The van der Waals surface area contributed by atoms with Crippen LogP contribution >= 0.6 is 0 Å². The monoisotopic (exact) mass is 389 g/mol. The lowest BCUT2D eigenvalue weighted by atomic mass is 10.00. The fourth-order valence-electron chi connectivity index (χ4n) is 2.69. The minimum Gasteiger partial charge on any atom is -0.200 e. The first-order valence-electron chi connectivity index (χ1n) is 8.67. The Morgan fingerprint density at radius 1 is 0.964 bits per heavy atom. The number of nitriles is 1. The van der Waals surface area contributed by atoms with Crippen molar-refractivity contribution >= 4 is 15.7 Å². The molecule has 0 aliphatic heterocycles. The molecule has 0 spiro atoms. The lowest BCUT2D eigenvalue weighted by Gasteiger charge is -2.10. The molecule has 5 nitrogen and oxygen atoms in total. The zero-order valence-corrected chi connectivity index (χ0v) is 16.1. The first kappa shape index (κ1) is 19.3. The van der Waals surface area contributed by atoms with Crippen LogP contribution in [-0.2, 0) is 16.4 Å². The number of aryl methyl sites for hydroxylation is 1. The second-order valence-electron chi connectivity index (χ2n) is 6.27. The van der Waals surface area contributed by atoms with Gasteiger partial charge in [-0.25, -0.2) is 0 Å². The van der Waals surface area contributed by atoms with Crippen LogP contribution in [0.25, 0.3) is 0 Å². The van der Waals surface area contributed by atoms with Crippen LogP contribution in [0.1, 0.15) is 22.3 Å². The number of sulfonamides is 1. The number of hydrazone groups is 1. The van der Waals surface area contributed by atoms with E-state index in [9.17, 15) is 8.42 Å². The Bertz CT molecular complexity index is 1130. The quantitative estimate of drug-likeness (QED) is 0.514. The Morgan fingerprint density at radius 2 is 1.64 bits per heavy atom. The van der Waals surface area contributed by atoms with Gasteiger partial charge in [-0.3, -0.25) is 0 Å². The van der Waals surface area contributed by atoms with Gasteiger partial charge in [0.2, 0.25) is 0 Å². The predicted octanol–water partition coefficient (Wildman–Crippen LogP) is 3.79. The van der Waals surface area contributed by atoms with Gasteiger partial charge in [-0.15, -0.1) is 0 Å². The molecule has 28 heavy (non-hydrogen) atoms. The Kier molecular flexibility index (Phi) is 5.87. The second-order valence-corrected chi connectivity index (χ2v) is 7.93. The van der Waals surface area contributed by atoms with E-state index >= 15 is 0 Å². The molecule has 0 aliphatic rings. The van der Waals surface area contributed by atoms with Gasteiger partial charge in [0.1, 0.15) is 0 Å². The molecule has 3 rings (SSSR count). The average molecular weight is 389 g/mol. The normalized spacial score (nSPS) is 11.6. The first-order chi connectivity index (χ1) is 13.5. The molecule has 3 aromatic rings. The van der Waals surface area contributed by atoms with Crippen molar-refractivity contribution in [3.8, 4) is 6.07 Å². The summed E-state index contributed by atoms with van der Waals surface area (Å²) in [5, 5.41) is 13.2. The molecular formula is C22H19N3O2S. The Balaban J connectivity index is 2.01. The number of benzene rings is 3. The van der Waals surface area contributed by atoms with Crippen LogP contribution in [0.2, 0.25) is 0 Å². The van der Waals surface area contributed by atoms with Crippen molar-refractivity contribution in [2.24, 2.45) is 5.10 Å². The van der Waals surface area contributed by atoms with Gasteiger partial charge >= 0.3 is 0 Å². The summed E-state index contributed by atoms with van der Waals surface area (Å²) in [5.74, 6) is 0. The van der Waals surface area contributed by atoms with Gasteiger partial charge in [0.05, 0.1) is 23.1 Å². The van der Waals surface area contributed by atoms with Crippen molar-refractivity contribution in [3.05, 3.63) is 101 Å². The molecule has 1 N–H and O–H groups in total. The highest BCUT2D eigenvalue weighted by atomic mass is 32.2. The maximum atomic E-state index is 12.6. The fraction of sp³-hybridized carbons (Fsp3) is 0.0909. The van der Waals surface area contributed by atoms with Crippen LogP contribution in [0.4, 0.5) is 0 Å². The van der Waals surface area contributed by atoms with Crippen molar-refractivity contribution in [2.45, 2.75) is 18.2 Å². The standard InChI is InChI=1S/C22H19N3O2S/c1-17-10-12-21(13-11-17)28(26,27)25-24-22(19-7-3-2-4-8-19)20-9-5-6-18(16-20)14-15-23/h2-13,16,25H,14H2,1H3/b24-22+. The summed E-state index contributed by atoms with van der Waals surface area (Å²) < 4.78 is 25.2. The first-order valence-corrected chi connectivity index (χ1v) is 10.2. The third kappa shape index (κ3) is 4.64. The molecule has 0 unspecified atom stereocenters. The second kappa shape index (κ2) is 8.51. The number of rotatable bonds is 6. The van der Waals surface area contributed by atoms with Gasteiger partial charge in [-0.2, -0.15) is 23.6 Å². The van der Waals surface area contributed by atoms with Crippen LogP contribution in [-0.4, -0.2) is 14.1 Å². The van der Waals surface area contributed by atoms with Crippen molar-refractivity contribution in [1.82, 2.24) is 4.83 Å². The molecule has 0 atom stereocenters. The van der Waals surface area contributed by atoms with Gasteiger partial charge in [-0.05, 0) is 30.7 Å². The van der Waals surface area contributed by atoms with Gasteiger partial charge < -0.3 is 0 Å². The van der Waals surface area contributed by atoms with Crippen molar-refractivity contribution in [2.75, 3.05) is 0 Å². The zero-order chi connectivity index (χ0) is 20.0. The fourth-order valence-corrected chi connectivity index (χ4v) is 3.50. The van der Waals surface area contributed by atoms with Crippen molar-refractivity contribution in [3.63, 3.8) is 0 Å². The topological polar surface area (TPSA) is 82.3 Å². The molecule has 0 heterocycles. The lowest BCUT2D eigenvalue weighted by molar-refractivity contribution is 0.584. The number of nitrogens with zero attached hydrogens (tertiary/aromatic N) is 2. The molecule has 0 amide bonds. The van der Waals surface area contributed by atoms with Gasteiger partial charge in [0.25, 0.3) is 10.0 Å². The lowest BCUT2D eigenvalue weighted by Crippen LogP contribution is -2.21. The summed E-state index contributed by atoms with van der Waals surface area (Å²) in [6.45, 7) is 1.89. The van der Waals surface area contributed by atoms with E-state index in [-0.39, 0.29) is 11.3 Å². The highest BCUT2D eigenvalue weighted by Gasteiger charge is 2.14. The maximum absolute atomic E-state index is 12.6. The molecule has 0 aliphatic carbocycles. The Morgan fingerprint density at radius 3 is 2.32 bits per heavy atom. The highest BCUT2D eigenvalue weighted by molar-refractivity contribution is 7.89. The molecular weight excluding hydrogens is 370 g/mol. The van der Waals surface area contributed by atoms with Crippen LogP contribution < -0.4 is 4.83 Å². The molecule has 0 saturated heterocycles. The molecule has 0 bridgehead atoms. The molecule has 0 fully saturated rings. The number of hydrogen-bond donors (Lipinski definition) is 1. The van der Waals surface area contributed by atoms with E-state index in [1.165, 1.54) is 0 Å². The average Bonchev–Trinajstić information content (AvgIpc) is 2.70. The highest BCUT2D eigenvalue weighted by Crippen LogP contribution is 2.15. The SMILES string of the molecule is Cc1ccc(S(=O)(=O)N/N=C(\c2ccccc2)c2cccc(CC#N)c2)cc1. The third-order valence-electron chi connectivity index (χ3n) is 4.14. The summed E-state index contributed by atoms with van der Waals surface area (Å²) in [6.07, 6.45) is 0.269. The predicted molar refractivity (Wildman–Crippen MR) is 109 cm³/mol. The summed E-state index contributed by atoms with van der Waals surface area (Å²) in [6, 6.07) is 25.4. The molecule has 3 aromatic carbocycles. The minimum atomic E-state index is -3.80. The summed E-state index contributed by atoms with van der Waals surface area (Å²) in [7, 11) is -3.80. The Labute approximate surface area is 165 Å². The third-order valence-corrected chi connectivity index (χ3v) is 5.36. The number of hydrogen-bond acceptors (Lipinski definition) is 4. The summed E-state index contributed by atoms with van der Waals surface area (Å²) >= 11 is 0. The zero-order valence-electron chi connectivity index (χ0n) is 15.3. The van der Waals surface area contributed by atoms with E-state index in [2.05, 4.69) is 16.0 Å². The van der Waals surface area contributed by atoms with Crippen LogP contribution in [0.3, 0.4) is 0 Å². The molecule has 140 valence electrons. The number of nitrogens with one attached hydrogen (secondary N) is 1. The van der Waals surface area contributed by atoms with E-state index in [4.69, 9.17) is 5.26 Å². The molecule has 0 radical (unpaired) electrons. The molecule has 0 aromatic heterocycles. The van der Waals surface area contributed by atoms with Gasteiger partial charge in [0, 0.05) is 11.1 Å². The van der Waals surface area contributed by atoms with E-state index in [1.807, 2.05) is 61.5 Å².